The number of para-hydroxylation sites is 2. The molecular weight excluding hydrogens is 409 g/mol. The van der Waals surface area contributed by atoms with E-state index >= 15 is 0 Å². The molecule has 11 heteroatoms. The van der Waals surface area contributed by atoms with E-state index in [9.17, 15) is 28.1 Å². The number of alkyl halides is 3. The Hall–Kier alpha value is -2.43. The molecule has 1 aromatic carbocycles. The molecule has 0 aliphatic rings. The van der Waals surface area contributed by atoms with Gasteiger partial charge in [0.1, 0.15) is 11.7 Å². The number of halogens is 4. The van der Waals surface area contributed by atoms with E-state index in [2.05, 4.69) is 26.3 Å². The van der Waals surface area contributed by atoms with E-state index < -0.39 is 28.7 Å². The molecule has 134 valence electrons. The number of benzene rings is 1. The number of carbonyl (C=O) groups is 1. The van der Waals surface area contributed by atoms with Crippen LogP contribution in [0.3, 0.4) is 0 Å². The van der Waals surface area contributed by atoms with Gasteiger partial charge < -0.3 is 5.32 Å². The number of hydrogen-bond acceptors (Lipinski definition) is 4. The molecule has 7 nitrogen and oxygen atoms in total. The van der Waals surface area contributed by atoms with Crippen molar-refractivity contribution in [2.75, 3.05) is 5.32 Å². The van der Waals surface area contributed by atoms with Gasteiger partial charge in [0.2, 0.25) is 5.91 Å². The zero-order valence-corrected chi connectivity index (χ0v) is 14.6. The second kappa shape index (κ2) is 6.82. The molecule has 2 rings (SSSR count). The number of nitro groups is 1. The number of nitrogens with one attached hydrogen (secondary N) is 1. The summed E-state index contributed by atoms with van der Waals surface area (Å²) in [5.74, 6) is -0.735. The molecule has 0 aliphatic carbocycles. The number of amides is 1. The third-order valence-corrected chi connectivity index (χ3v) is 4.40. The van der Waals surface area contributed by atoms with Crippen molar-refractivity contribution in [3.8, 4) is 0 Å². The molecule has 1 unspecified atom stereocenters. The summed E-state index contributed by atoms with van der Waals surface area (Å²) >= 11 is 2.83. The molecule has 0 saturated heterocycles. The lowest BCUT2D eigenvalue weighted by molar-refractivity contribution is -0.383. The highest BCUT2D eigenvalue weighted by molar-refractivity contribution is 9.10. The molecule has 1 atom stereocenters. The van der Waals surface area contributed by atoms with Gasteiger partial charge in [-0.15, -0.1) is 0 Å². The number of aromatic nitrogens is 2. The van der Waals surface area contributed by atoms with Crippen molar-refractivity contribution in [3.63, 3.8) is 0 Å². The first-order chi connectivity index (χ1) is 11.5. The standard InChI is InChI=1S/C14H12BrF3N4O3/c1-7-11(15)12(14(16,17)18)20-21(7)8(2)13(23)19-9-5-3-4-6-10(9)22(24)25/h3-6,8H,1-2H3,(H,19,23). The highest BCUT2D eigenvalue weighted by atomic mass is 79.9. The smallest absolute Gasteiger partial charge is 0.319 e. The molecule has 0 radical (unpaired) electrons. The van der Waals surface area contributed by atoms with Crippen LogP contribution in [0.2, 0.25) is 0 Å². The summed E-state index contributed by atoms with van der Waals surface area (Å²) < 4.78 is 39.4. The molecule has 25 heavy (non-hydrogen) atoms. The summed E-state index contributed by atoms with van der Waals surface area (Å²) in [6, 6.07) is 4.34. The molecule has 0 aliphatic heterocycles. The van der Waals surface area contributed by atoms with Crippen molar-refractivity contribution in [1.29, 1.82) is 0 Å². The molecule has 0 fully saturated rings. The first-order valence-electron chi connectivity index (χ1n) is 6.90. The van der Waals surface area contributed by atoms with E-state index in [0.29, 0.717) is 0 Å². The van der Waals surface area contributed by atoms with Crippen molar-refractivity contribution in [2.24, 2.45) is 0 Å². The van der Waals surface area contributed by atoms with Crippen LogP contribution in [0.1, 0.15) is 24.4 Å². The Labute approximate surface area is 148 Å². The number of anilines is 1. The van der Waals surface area contributed by atoms with Gasteiger partial charge in [-0.1, -0.05) is 12.1 Å². The Morgan fingerprint density at radius 1 is 1.40 bits per heavy atom. The summed E-state index contributed by atoms with van der Waals surface area (Å²) in [6.45, 7) is 2.72. The summed E-state index contributed by atoms with van der Waals surface area (Å²) in [4.78, 5) is 22.6. The second-order valence-electron chi connectivity index (χ2n) is 5.13. The quantitative estimate of drug-likeness (QED) is 0.595. The van der Waals surface area contributed by atoms with Crippen LogP contribution in [0, 0.1) is 17.0 Å². The molecule has 2 aromatic rings. The molecule has 0 bridgehead atoms. The lowest BCUT2D eigenvalue weighted by Gasteiger charge is -2.14. The molecular formula is C14H12BrF3N4O3. The van der Waals surface area contributed by atoms with Gasteiger partial charge >= 0.3 is 6.18 Å². The minimum Gasteiger partial charge on any atom is -0.319 e. The van der Waals surface area contributed by atoms with Crippen LogP contribution in [-0.4, -0.2) is 20.6 Å². The molecule has 0 saturated carbocycles. The van der Waals surface area contributed by atoms with E-state index in [4.69, 9.17) is 0 Å². The van der Waals surface area contributed by atoms with Crippen LogP contribution >= 0.6 is 15.9 Å². The first kappa shape index (κ1) is 18.9. The average molecular weight is 421 g/mol. The van der Waals surface area contributed by atoms with E-state index in [1.165, 1.54) is 38.1 Å². The molecule has 1 aromatic heterocycles. The Bertz CT molecular complexity index is 835. The lowest BCUT2D eigenvalue weighted by atomic mass is 10.2. The van der Waals surface area contributed by atoms with E-state index in [0.717, 1.165) is 4.68 Å². The summed E-state index contributed by atoms with van der Waals surface area (Å²) in [7, 11) is 0. The molecule has 1 N–H and O–H groups in total. The van der Waals surface area contributed by atoms with Crippen molar-refractivity contribution in [3.05, 3.63) is 50.2 Å². The highest BCUT2D eigenvalue weighted by Crippen LogP contribution is 2.36. The van der Waals surface area contributed by atoms with E-state index in [1.54, 1.807) is 0 Å². The van der Waals surface area contributed by atoms with Gasteiger partial charge in [-0.25, -0.2) is 0 Å². The third-order valence-electron chi connectivity index (χ3n) is 3.45. The first-order valence-corrected chi connectivity index (χ1v) is 7.69. The van der Waals surface area contributed by atoms with Crippen molar-refractivity contribution < 1.29 is 22.9 Å². The summed E-state index contributed by atoms with van der Waals surface area (Å²) in [5.41, 5.74) is -1.41. The predicted octanol–water partition coefficient (Wildman–Crippen LogP) is 4.08. The van der Waals surface area contributed by atoms with Crippen LogP contribution in [-0.2, 0) is 11.0 Å². The van der Waals surface area contributed by atoms with Crippen molar-refractivity contribution in [1.82, 2.24) is 9.78 Å². The van der Waals surface area contributed by atoms with Gasteiger partial charge in [-0.2, -0.15) is 18.3 Å². The van der Waals surface area contributed by atoms with Crippen LogP contribution < -0.4 is 5.32 Å². The normalized spacial score (nSPS) is 12.7. The van der Waals surface area contributed by atoms with Crippen molar-refractivity contribution in [2.45, 2.75) is 26.1 Å². The minimum atomic E-state index is -4.68. The number of nitrogens with zero attached hydrogens (tertiary/aromatic N) is 3. The largest absolute Gasteiger partial charge is 0.436 e. The number of carbonyl (C=O) groups excluding carboxylic acids is 1. The maximum absolute atomic E-state index is 12.9. The Morgan fingerprint density at radius 2 is 2.00 bits per heavy atom. The number of hydrogen-bond donors (Lipinski definition) is 1. The monoisotopic (exact) mass is 420 g/mol. The highest BCUT2D eigenvalue weighted by Gasteiger charge is 2.39. The predicted molar refractivity (Wildman–Crippen MR) is 86.1 cm³/mol. The fraction of sp³-hybridized carbons (Fsp3) is 0.286. The van der Waals surface area contributed by atoms with Crippen molar-refractivity contribution >= 4 is 33.2 Å². The van der Waals surface area contributed by atoms with Gasteiger partial charge in [-0.3, -0.25) is 19.6 Å². The SMILES string of the molecule is Cc1c(Br)c(C(F)(F)F)nn1C(C)C(=O)Nc1ccccc1[N+](=O)[O-]. The van der Waals surface area contributed by atoms with Crippen LogP contribution in [0.5, 0.6) is 0 Å². The van der Waals surface area contributed by atoms with E-state index in [1.807, 2.05) is 0 Å². The zero-order chi connectivity index (χ0) is 18.9. The molecule has 1 heterocycles. The van der Waals surface area contributed by atoms with Gasteiger partial charge in [0.25, 0.3) is 5.69 Å². The maximum Gasteiger partial charge on any atom is 0.436 e. The zero-order valence-electron chi connectivity index (χ0n) is 13.0. The van der Waals surface area contributed by atoms with Crippen LogP contribution in [0.25, 0.3) is 0 Å². The minimum absolute atomic E-state index is 0.0516. The Balaban J connectivity index is 2.32. The maximum atomic E-state index is 12.9. The summed E-state index contributed by atoms with van der Waals surface area (Å²) in [5, 5.41) is 16.8. The number of rotatable bonds is 4. The average Bonchev–Trinajstić information content (AvgIpc) is 2.82. The van der Waals surface area contributed by atoms with Crippen LogP contribution in [0.4, 0.5) is 24.5 Å². The molecule has 0 spiro atoms. The van der Waals surface area contributed by atoms with Gasteiger partial charge in [0.05, 0.1) is 15.1 Å². The number of nitro benzene ring substituents is 1. The Morgan fingerprint density at radius 3 is 2.52 bits per heavy atom. The second-order valence-corrected chi connectivity index (χ2v) is 5.92. The summed E-state index contributed by atoms with van der Waals surface area (Å²) in [6.07, 6.45) is -4.68. The lowest BCUT2D eigenvalue weighted by Crippen LogP contribution is -2.26. The van der Waals surface area contributed by atoms with Crippen LogP contribution in [0.15, 0.2) is 28.7 Å². The van der Waals surface area contributed by atoms with Gasteiger partial charge in [0.15, 0.2) is 5.69 Å². The van der Waals surface area contributed by atoms with Gasteiger partial charge in [-0.05, 0) is 35.8 Å². The topological polar surface area (TPSA) is 90.1 Å². The Kier molecular flexibility index (Phi) is 5.16. The fourth-order valence-corrected chi connectivity index (χ4v) is 2.63. The third kappa shape index (κ3) is 3.81. The fourth-order valence-electron chi connectivity index (χ4n) is 2.14. The van der Waals surface area contributed by atoms with E-state index in [-0.39, 0.29) is 21.5 Å². The van der Waals surface area contributed by atoms with Gasteiger partial charge in [0, 0.05) is 6.07 Å². The molecule has 1 amide bonds.